The highest BCUT2D eigenvalue weighted by atomic mass is 16.2. The molecule has 0 saturated heterocycles. The zero-order valence-electron chi connectivity index (χ0n) is 17.6. The van der Waals surface area contributed by atoms with Gasteiger partial charge in [0.1, 0.15) is 0 Å². The number of rotatable bonds is 6. The summed E-state index contributed by atoms with van der Waals surface area (Å²) in [6.07, 6.45) is 0. The van der Waals surface area contributed by atoms with Crippen LogP contribution in [0.3, 0.4) is 0 Å². The number of para-hydroxylation sites is 1. The molecule has 4 N–H and O–H groups in total. The lowest BCUT2D eigenvalue weighted by Crippen LogP contribution is -3.11. The maximum Gasteiger partial charge on any atom is 0.326 e. The summed E-state index contributed by atoms with van der Waals surface area (Å²) in [4.78, 5) is 37.1. The lowest BCUT2D eigenvalue weighted by Gasteiger charge is -2.15. The highest BCUT2D eigenvalue weighted by molar-refractivity contribution is 6.01. The van der Waals surface area contributed by atoms with Crippen molar-refractivity contribution in [3.8, 4) is 0 Å². The normalized spacial score (nSPS) is 11.5. The Morgan fingerprint density at radius 3 is 2.07 bits per heavy atom. The number of likely N-dealkylation sites (N-methyl/N-ethyl adjacent to an activating group) is 1. The summed E-state index contributed by atoms with van der Waals surface area (Å²) in [6, 6.07) is 10.8. The van der Waals surface area contributed by atoms with Crippen LogP contribution in [0, 0.1) is 27.7 Å². The van der Waals surface area contributed by atoms with Crippen LogP contribution < -0.4 is 20.9 Å². The second kappa shape index (κ2) is 9.84. The van der Waals surface area contributed by atoms with Gasteiger partial charge in [0.2, 0.25) is 0 Å². The smallest absolute Gasteiger partial charge is 0.322 e. The van der Waals surface area contributed by atoms with Crippen molar-refractivity contribution in [2.75, 3.05) is 30.8 Å². The summed E-state index contributed by atoms with van der Waals surface area (Å²) in [5.74, 6) is -0.642. The molecule has 2 rings (SSSR count). The minimum atomic E-state index is -0.588. The van der Waals surface area contributed by atoms with E-state index in [1.54, 1.807) is 13.1 Å². The molecular formula is C22H29N4O3+. The van der Waals surface area contributed by atoms with Crippen molar-refractivity contribution < 1.29 is 19.3 Å². The van der Waals surface area contributed by atoms with E-state index in [2.05, 4.69) is 16.0 Å². The Kier molecular flexibility index (Phi) is 7.50. The first-order chi connectivity index (χ1) is 13.7. The van der Waals surface area contributed by atoms with E-state index < -0.39 is 11.9 Å². The molecular weight excluding hydrogens is 368 g/mol. The topological polar surface area (TPSA) is 91.7 Å². The van der Waals surface area contributed by atoms with Gasteiger partial charge in [-0.2, -0.15) is 0 Å². The molecule has 0 heterocycles. The minimum Gasteiger partial charge on any atom is -0.322 e. The fourth-order valence-electron chi connectivity index (χ4n) is 3.08. The highest BCUT2D eigenvalue weighted by Crippen LogP contribution is 2.19. The zero-order valence-corrected chi connectivity index (χ0v) is 17.6. The number of anilines is 2. The molecule has 0 aliphatic rings. The first-order valence-corrected chi connectivity index (χ1v) is 9.51. The Bertz CT molecular complexity index is 904. The average molecular weight is 397 g/mol. The largest absolute Gasteiger partial charge is 0.326 e. The van der Waals surface area contributed by atoms with E-state index in [-0.39, 0.29) is 19.0 Å². The van der Waals surface area contributed by atoms with Gasteiger partial charge in [0.05, 0.1) is 7.05 Å². The monoisotopic (exact) mass is 397 g/mol. The van der Waals surface area contributed by atoms with Crippen LogP contribution in [0.1, 0.15) is 22.3 Å². The van der Waals surface area contributed by atoms with Crippen molar-refractivity contribution in [3.63, 3.8) is 0 Å². The number of nitrogens with one attached hydrogen (secondary N) is 4. The predicted molar refractivity (Wildman–Crippen MR) is 114 cm³/mol. The lowest BCUT2D eigenvalue weighted by molar-refractivity contribution is -0.862. The van der Waals surface area contributed by atoms with Gasteiger partial charge in [-0.1, -0.05) is 35.9 Å². The van der Waals surface area contributed by atoms with E-state index >= 15 is 0 Å². The molecule has 1 atom stereocenters. The molecule has 29 heavy (non-hydrogen) atoms. The summed E-state index contributed by atoms with van der Waals surface area (Å²) in [7, 11) is 1.73. The number of aryl methyl sites for hydroxylation is 4. The fraction of sp³-hybridized carbons (Fsp3) is 0.318. The minimum absolute atomic E-state index is 0.000470. The van der Waals surface area contributed by atoms with Crippen molar-refractivity contribution in [2.24, 2.45) is 0 Å². The molecule has 4 amide bonds. The van der Waals surface area contributed by atoms with Crippen LogP contribution in [-0.4, -0.2) is 38.0 Å². The zero-order chi connectivity index (χ0) is 21.6. The van der Waals surface area contributed by atoms with Crippen molar-refractivity contribution in [1.82, 2.24) is 5.32 Å². The van der Waals surface area contributed by atoms with Gasteiger partial charge in [-0.25, -0.2) is 4.79 Å². The molecule has 0 saturated carbocycles. The molecule has 7 nitrogen and oxygen atoms in total. The van der Waals surface area contributed by atoms with Crippen LogP contribution in [0.4, 0.5) is 16.2 Å². The van der Waals surface area contributed by atoms with Crippen LogP contribution in [0.15, 0.2) is 36.4 Å². The number of carbonyl (C=O) groups excluding carboxylic acids is 3. The molecule has 1 unspecified atom stereocenters. The Balaban J connectivity index is 1.82. The van der Waals surface area contributed by atoms with Gasteiger partial charge in [0.15, 0.2) is 13.1 Å². The average Bonchev–Trinajstić information content (AvgIpc) is 2.60. The second-order valence-corrected chi connectivity index (χ2v) is 7.45. The van der Waals surface area contributed by atoms with Crippen LogP contribution >= 0.6 is 0 Å². The Labute approximate surface area is 171 Å². The summed E-state index contributed by atoms with van der Waals surface area (Å²) in [6.45, 7) is 7.83. The van der Waals surface area contributed by atoms with E-state index in [0.29, 0.717) is 10.6 Å². The van der Waals surface area contributed by atoms with Crippen LogP contribution in [-0.2, 0) is 9.59 Å². The number of quaternary nitrogens is 1. The van der Waals surface area contributed by atoms with Gasteiger partial charge in [0, 0.05) is 11.4 Å². The molecule has 0 radical (unpaired) electrons. The number of amides is 4. The summed E-state index contributed by atoms with van der Waals surface area (Å²) >= 11 is 0. The molecule has 2 aromatic rings. The van der Waals surface area contributed by atoms with Gasteiger partial charge >= 0.3 is 6.03 Å². The first kappa shape index (κ1) is 22.1. The highest BCUT2D eigenvalue weighted by Gasteiger charge is 2.17. The molecule has 7 heteroatoms. The van der Waals surface area contributed by atoms with E-state index in [4.69, 9.17) is 0 Å². The maximum atomic E-state index is 12.3. The quantitative estimate of drug-likeness (QED) is 0.598. The lowest BCUT2D eigenvalue weighted by atomic mass is 10.1. The summed E-state index contributed by atoms with van der Waals surface area (Å²) in [5, 5.41) is 7.86. The molecule has 2 aromatic carbocycles. The Morgan fingerprint density at radius 2 is 1.45 bits per heavy atom. The maximum absolute atomic E-state index is 12.3. The van der Waals surface area contributed by atoms with E-state index in [1.165, 1.54) is 0 Å². The van der Waals surface area contributed by atoms with E-state index in [0.717, 1.165) is 27.9 Å². The van der Waals surface area contributed by atoms with Gasteiger partial charge in [-0.3, -0.25) is 14.9 Å². The standard InChI is InChI=1S/C22H28N4O3/c1-14-9-10-18(17(4)11-14)23-22(29)25-20(28)13-26(5)12-19(27)24-21-15(2)7-6-8-16(21)3/h6-11H,12-13H2,1-5H3,(H,24,27)(H2,23,25,28,29)/p+1. The molecule has 154 valence electrons. The first-order valence-electron chi connectivity index (χ1n) is 9.51. The number of hydrogen-bond acceptors (Lipinski definition) is 3. The van der Waals surface area contributed by atoms with Gasteiger partial charge < -0.3 is 15.5 Å². The number of imide groups is 1. The van der Waals surface area contributed by atoms with Gasteiger partial charge in [0.25, 0.3) is 11.8 Å². The molecule has 0 bridgehead atoms. The van der Waals surface area contributed by atoms with Crippen molar-refractivity contribution in [2.45, 2.75) is 27.7 Å². The Morgan fingerprint density at radius 1 is 0.828 bits per heavy atom. The van der Waals surface area contributed by atoms with Gasteiger partial charge in [-0.05, 0) is 50.5 Å². The number of hydrogen-bond donors (Lipinski definition) is 4. The number of carbonyl (C=O) groups is 3. The van der Waals surface area contributed by atoms with Crippen molar-refractivity contribution in [3.05, 3.63) is 58.7 Å². The predicted octanol–water partition coefficient (Wildman–Crippen LogP) is 1.72. The van der Waals surface area contributed by atoms with Crippen molar-refractivity contribution >= 4 is 29.2 Å². The molecule has 0 spiro atoms. The van der Waals surface area contributed by atoms with Crippen LogP contribution in [0.2, 0.25) is 0 Å². The van der Waals surface area contributed by atoms with Crippen LogP contribution in [0.25, 0.3) is 0 Å². The molecule has 0 aliphatic heterocycles. The molecule has 0 aliphatic carbocycles. The number of benzene rings is 2. The van der Waals surface area contributed by atoms with E-state index in [1.807, 2.05) is 58.0 Å². The third-order valence-electron chi connectivity index (χ3n) is 4.55. The van der Waals surface area contributed by atoms with Crippen LogP contribution in [0.5, 0.6) is 0 Å². The third-order valence-corrected chi connectivity index (χ3v) is 4.55. The second-order valence-electron chi connectivity index (χ2n) is 7.45. The van der Waals surface area contributed by atoms with Gasteiger partial charge in [-0.15, -0.1) is 0 Å². The fourth-order valence-corrected chi connectivity index (χ4v) is 3.08. The summed E-state index contributed by atoms with van der Waals surface area (Å²) < 4.78 is 0. The number of urea groups is 1. The van der Waals surface area contributed by atoms with Crippen molar-refractivity contribution in [1.29, 1.82) is 0 Å². The Hall–Kier alpha value is -3.19. The van der Waals surface area contributed by atoms with E-state index in [9.17, 15) is 14.4 Å². The third kappa shape index (κ3) is 6.73. The summed E-state index contributed by atoms with van der Waals surface area (Å²) in [5.41, 5.74) is 5.42. The molecule has 0 fully saturated rings. The SMILES string of the molecule is Cc1ccc(NC(=O)NC(=O)C[NH+](C)CC(=O)Nc2c(C)cccc2C)c(C)c1. The molecule has 0 aromatic heterocycles.